The number of carboxylic acids is 1. The van der Waals surface area contributed by atoms with Gasteiger partial charge in [-0.3, -0.25) is 4.79 Å². The monoisotopic (exact) mass is 471 g/mol. The average molecular weight is 472 g/mol. The molecule has 3 fully saturated rings. The lowest BCUT2D eigenvalue weighted by molar-refractivity contribution is -0.147. The minimum absolute atomic E-state index is 0.00231. The van der Waals surface area contributed by atoms with Gasteiger partial charge in [0.05, 0.1) is 16.5 Å². The lowest BCUT2D eigenvalue weighted by atomic mass is 9.65. The molecule has 2 atom stereocenters. The smallest absolute Gasteiger partial charge is 0.306 e. The van der Waals surface area contributed by atoms with Crippen molar-refractivity contribution >= 4 is 40.1 Å². The van der Waals surface area contributed by atoms with E-state index >= 15 is 0 Å². The number of H-pyrrole nitrogens is 1. The Kier molecular flexibility index (Phi) is 5.66. The molecule has 4 aliphatic rings. The predicted octanol–water partition coefficient (Wildman–Crippen LogP) is 5.03. The van der Waals surface area contributed by atoms with E-state index in [4.69, 9.17) is 22.4 Å². The van der Waals surface area contributed by atoms with Crippen LogP contribution in [0.4, 0.5) is 10.2 Å². The van der Waals surface area contributed by atoms with Crippen molar-refractivity contribution in [1.29, 1.82) is 0 Å². The van der Waals surface area contributed by atoms with Crippen LogP contribution in [0.3, 0.4) is 0 Å². The molecule has 0 saturated heterocycles. The summed E-state index contributed by atoms with van der Waals surface area (Å²) in [4.78, 5) is 18.3. The van der Waals surface area contributed by atoms with E-state index in [2.05, 4.69) is 15.3 Å². The molecule has 3 heterocycles. The van der Waals surface area contributed by atoms with Crippen LogP contribution >= 0.6 is 11.6 Å². The van der Waals surface area contributed by atoms with Gasteiger partial charge < -0.3 is 25.7 Å². The Hall–Kier alpha value is -2.84. The van der Waals surface area contributed by atoms with Crippen molar-refractivity contribution < 1.29 is 14.3 Å². The molecule has 7 rings (SSSR count). The number of aliphatic carboxylic acids is 1. The Balaban J connectivity index is 0.000000174. The summed E-state index contributed by atoms with van der Waals surface area (Å²) in [7, 11) is 1.92. The molecule has 7 nitrogen and oxygen atoms in total. The Morgan fingerprint density at radius 2 is 2.06 bits per heavy atom. The van der Waals surface area contributed by atoms with Gasteiger partial charge in [-0.05, 0) is 49.3 Å². The summed E-state index contributed by atoms with van der Waals surface area (Å²) < 4.78 is 15.6. The maximum Gasteiger partial charge on any atom is 0.306 e. The molecule has 1 aromatic carbocycles. The van der Waals surface area contributed by atoms with E-state index in [1.807, 2.05) is 23.9 Å². The normalized spacial score (nSPS) is 25.6. The lowest BCUT2D eigenvalue weighted by Crippen LogP contribution is -2.35. The quantitative estimate of drug-likeness (QED) is 0.420. The van der Waals surface area contributed by atoms with Crippen LogP contribution in [0.5, 0.6) is 0 Å². The van der Waals surface area contributed by atoms with Gasteiger partial charge in [0.15, 0.2) is 0 Å². The van der Waals surface area contributed by atoms with Crippen molar-refractivity contribution in [3.63, 3.8) is 0 Å². The van der Waals surface area contributed by atoms with Gasteiger partial charge in [0.1, 0.15) is 23.6 Å². The highest BCUT2D eigenvalue weighted by molar-refractivity contribution is 6.35. The number of rotatable bonds is 2. The van der Waals surface area contributed by atoms with Gasteiger partial charge in [-0.15, -0.1) is 0 Å². The van der Waals surface area contributed by atoms with Crippen molar-refractivity contribution in [2.45, 2.75) is 38.3 Å². The van der Waals surface area contributed by atoms with Crippen LogP contribution < -0.4 is 11.1 Å². The number of hydrogen-bond acceptors (Lipinski definition) is 4. The third-order valence-electron chi connectivity index (χ3n) is 7.25. The number of hydrogen-bond donors (Lipinski definition) is 4. The third kappa shape index (κ3) is 4.02. The number of carbonyl (C=O) groups is 1. The van der Waals surface area contributed by atoms with Gasteiger partial charge in [-0.25, -0.2) is 9.38 Å². The Labute approximate surface area is 195 Å². The number of nitrogens with zero attached hydrogens (tertiary/aromatic N) is 2. The van der Waals surface area contributed by atoms with Crippen molar-refractivity contribution in [2.75, 3.05) is 5.32 Å². The standard InChI is InChI=1S/C15H13ClFN5.C9H14O2/c1-22-3-2-8-13(18)20-14(21-15(8)22)10-6-19-12-9(10)4-7(17)5-11(12)16;10-9(11)8-5-6-1-3-7(8)4-2-6/h2-6,13,19H,18H2,1H3,(H,20,21);6-8H,1-5H2,(H,10,11). The zero-order valence-electron chi connectivity index (χ0n) is 18.3. The molecule has 2 unspecified atom stereocenters. The van der Waals surface area contributed by atoms with Gasteiger partial charge in [-0.1, -0.05) is 24.4 Å². The summed E-state index contributed by atoms with van der Waals surface area (Å²) in [6, 6.07) is 4.64. The first kappa shape index (κ1) is 22.0. The Bertz CT molecular complexity index is 1240. The molecule has 9 heteroatoms. The minimum atomic E-state index is -0.556. The molecule has 2 aromatic heterocycles. The van der Waals surface area contributed by atoms with Gasteiger partial charge >= 0.3 is 5.97 Å². The zero-order chi connectivity index (χ0) is 23.3. The summed E-state index contributed by atoms with van der Waals surface area (Å²) >= 11 is 6.07. The number of anilines is 1. The Morgan fingerprint density at radius 1 is 1.30 bits per heavy atom. The van der Waals surface area contributed by atoms with Crippen LogP contribution in [0.2, 0.25) is 5.02 Å². The van der Waals surface area contributed by atoms with E-state index in [1.165, 1.54) is 37.8 Å². The molecule has 3 saturated carbocycles. The van der Waals surface area contributed by atoms with Crippen LogP contribution in [0.1, 0.15) is 49.4 Å². The number of amidine groups is 1. The van der Waals surface area contributed by atoms with Crippen molar-refractivity contribution in [3.05, 3.63) is 52.6 Å². The van der Waals surface area contributed by atoms with E-state index in [0.29, 0.717) is 27.7 Å². The molecule has 0 radical (unpaired) electrons. The number of halogens is 2. The van der Waals surface area contributed by atoms with E-state index in [1.54, 1.807) is 6.20 Å². The van der Waals surface area contributed by atoms with Crippen molar-refractivity contribution in [3.8, 4) is 0 Å². The first-order valence-corrected chi connectivity index (χ1v) is 11.6. The van der Waals surface area contributed by atoms with Gasteiger partial charge in [0, 0.05) is 36.0 Å². The second-order valence-corrected chi connectivity index (χ2v) is 9.66. The number of benzene rings is 1. The molecule has 174 valence electrons. The molecule has 0 spiro atoms. The fourth-order valence-electron chi connectivity index (χ4n) is 5.47. The number of aromatic nitrogens is 2. The molecular formula is C24H27ClFN5O2. The van der Waals surface area contributed by atoms with Crippen molar-refractivity contribution in [2.24, 2.45) is 35.5 Å². The van der Waals surface area contributed by atoms with Crippen LogP contribution in [0.25, 0.3) is 10.9 Å². The minimum Gasteiger partial charge on any atom is -0.481 e. The number of carboxylic acid groups (broad SMARTS) is 1. The number of fused-ring (bicyclic) bond motifs is 5. The third-order valence-corrected chi connectivity index (χ3v) is 7.55. The van der Waals surface area contributed by atoms with E-state index in [0.717, 1.165) is 29.3 Å². The number of nitrogens with one attached hydrogen (secondary N) is 2. The molecule has 1 aliphatic heterocycles. The highest BCUT2D eigenvalue weighted by atomic mass is 35.5. The van der Waals surface area contributed by atoms with Gasteiger partial charge in [-0.2, -0.15) is 0 Å². The fraction of sp³-hybridized carbons (Fsp3) is 0.417. The summed E-state index contributed by atoms with van der Waals surface area (Å²) in [5.41, 5.74) is 8.44. The first-order chi connectivity index (χ1) is 15.8. The molecule has 0 amide bonds. The van der Waals surface area contributed by atoms with Crippen molar-refractivity contribution in [1.82, 2.24) is 9.55 Å². The second-order valence-electron chi connectivity index (χ2n) is 9.25. The molecule has 5 N–H and O–H groups in total. The summed E-state index contributed by atoms with van der Waals surface area (Å²) in [5, 5.41) is 13.1. The Morgan fingerprint density at radius 3 is 2.70 bits per heavy atom. The zero-order valence-corrected chi connectivity index (χ0v) is 19.1. The molecule has 3 aromatic rings. The lowest BCUT2D eigenvalue weighted by Gasteiger charge is -2.40. The van der Waals surface area contributed by atoms with E-state index < -0.39 is 18.0 Å². The molecule has 33 heavy (non-hydrogen) atoms. The highest BCUT2D eigenvalue weighted by Gasteiger charge is 2.39. The van der Waals surface area contributed by atoms with Gasteiger partial charge in [0.25, 0.3) is 0 Å². The maximum atomic E-state index is 13.7. The van der Waals surface area contributed by atoms with Crippen LogP contribution in [0.15, 0.2) is 35.6 Å². The topological polar surface area (TPSA) is 108 Å². The van der Waals surface area contributed by atoms with E-state index in [9.17, 15) is 9.18 Å². The summed E-state index contributed by atoms with van der Waals surface area (Å²) in [6.07, 6.45) is 9.08. The SMILES string of the molecule is Cn1ccc2c1NC(c1c[nH]c3c(Cl)cc(F)cc13)=NC2N.O=C(O)C1CC2CCC1CC2. The molecular weight excluding hydrogens is 445 g/mol. The molecule has 3 aliphatic carbocycles. The number of aromatic amines is 1. The number of aliphatic imine (C=N–C) groups is 1. The number of aryl methyl sites for hydroxylation is 1. The van der Waals surface area contributed by atoms with Crippen LogP contribution in [-0.4, -0.2) is 26.5 Å². The first-order valence-electron chi connectivity index (χ1n) is 11.3. The van der Waals surface area contributed by atoms with Gasteiger partial charge in [0.2, 0.25) is 0 Å². The summed E-state index contributed by atoms with van der Waals surface area (Å²) in [5.74, 6) is 1.78. The highest BCUT2D eigenvalue weighted by Crippen LogP contribution is 2.44. The number of nitrogens with two attached hydrogens (primary N) is 1. The molecule has 2 bridgehead atoms. The largest absolute Gasteiger partial charge is 0.481 e. The van der Waals surface area contributed by atoms with Crippen LogP contribution in [-0.2, 0) is 11.8 Å². The predicted molar refractivity (Wildman–Crippen MR) is 127 cm³/mol. The van der Waals surface area contributed by atoms with E-state index in [-0.39, 0.29) is 5.92 Å². The van der Waals surface area contributed by atoms with Crippen LogP contribution in [0, 0.1) is 23.6 Å². The summed E-state index contributed by atoms with van der Waals surface area (Å²) in [6.45, 7) is 0. The maximum absolute atomic E-state index is 13.7. The average Bonchev–Trinajstić information content (AvgIpc) is 3.39. The fourth-order valence-corrected chi connectivity index (χ4v) is 5.73. The second kappa shape index (κ2) is 8.50.